The van der Waals surface area contributed by atoms with E-state index in [1.165, 1.54) is 0 Å². The molecule has 0 aromatic heterocycles. The maximum absolute atomic E-state index is 11.9. The van der Waals surface area contributed by atoms with Crippen LogP contribution in [0.2, 0.25) is 5.02 Å². The van der Waals surface area contributed by atoms with Gasteiger partial charge in [-0.05, 0) is 24.3 Å². The molecule has 100 valence electrons. The van der Waals surface area contributed by atoms with Crippen LogP contribution >= 0.6 is 34.8 Å². The highest BCUT2D eigenvalue weighted by Crippen LogP contribution is 2.11. The minimum Gasteiger partial charge on any atom is -0.301 e. The summed E-state index contributed by atoms with van der Waals surface area (Å²) >= 11 is 17.2. The Kier molecular flexibility index (Phi) is 7.68. The topological polar surface area (TPSA) is 20.3 Å². The van der Waals surface area contributed by atoms with E-state index < -0.39 is 0 Å². The molecular weight excluding hydrogens is 293 g/mol. The van der Waals surface area contributed by atoms with Crippen molar-refractivity contribution in [2.75, 3.05) is 31.4 Å². The average molecular weight is 309 g/mol. The summed E-state index contributed by atoms with van der Waals surface area (Å²) in [6, 6.07) is 6.95. The summed E-state index contributed by atoms with van der Waals surface area (Å²) in [7, 11) is 0. The molecular formula is C13H16Cl3NO. The SMILES string of the molecule is O=C(CCN(CCCl)CCCl)c1ccc(Cl)cc1. The van der Waals surface area contributed by atoms with Gasteiger partial charge in [-0.25, -0.2) is 0 Å². The van der Waals surface area contributed by atoms with E-state index >= 15 is 0 Å². The molecule has 5 heteroatoms. The Morgan fingerprint density at radius 1 is 1.00 bits per heavy atom. The van der Waals surface area contributed by atoms with Crippen LogP contribution in [-0.2, 0) is 0 Å². The summed E-state index contributed by atoms with van der Waals surface area (Å²) in [5.74, 6) is 1.21. The number of nitrogens with zero attached hydrogens (tertiary/aromatic N) is 1. The fourth-order valence-corrected chi connectivity index (χ4v) is 2.22. The highest BCUT2D eigenvalue weighted by Gasteiger charge is 2.09. The van der Waals surface area contributed by atoms with Crippen molar-refractivity contribution in [1.82, 2.24) is 4.90 Å². The molecule has 0 amide bonds. The Labute approximate surface area is 123 Å². The molecule has 0 N–H and O–H groups in total. The lowest BCUT2D eigenvalue weighted by Crippen LogP contribution is -2.30. The van der Waals surface area contributed by atoms with Crippen molar-refractivity contribution in [3.8, 4) is 0 Å². The zero-order valence-electron chi connectivity index (χ0n) is 10.0. The molecule has 0 bridgehead atoms. The van der Waals surface area contributed by atoms with Crippen LogP contribution in [0.1, 0.15) is 16.8 Å². The number of benzene rings is 1. The molecule has 0 unspecified atom stereocenters. The predicted octanol–water partition coefficient (Wildman–Crippen LogP) is 3.69. The maximum Gasteiger partial charge on any atom is 0.164 e. The van der Waals surface area contributed by atoms with Crippen molar-refractivity contribution >= 4 is 40.6 Å². The third-order valence-electron chi connectivity index (χ3n) is 2.62. The lowest BCUT2D eigenvalue weighted by molar-refractivity contribution is 0.0966. The molecule has 0 radical (unpaired) electrons. The van der Waals surface area contributed by atoms with Gasteiger partial charge in [0.2, 0.25) is 0 Å². The molecule has 0 saturated carbocycles. The van der Waals surface area contributed by atoms with Crippen molar-refractivity contribution in [1.29, 1.82) is 0 Å². The number of Topliss-reactive ketones (excluding diaryl/α,β-unsaturated/α-hetero) is 1. The van der Waals surface area contributed by atoms with E-state index in [4.69, 9.17) is 34.8 Å². The first-order valence-electron chi connectivity index (χ1n) is 5.80. The van der Waals surface area contributed by atoms with Crippen LogP contribution in [0.25, 0.3) is 0 Å². The molecule has 1 rings (SSSR count). The minimum absolute atomic E-state index is 0.112. The summed E-state index contributed by atoms with van der Waals surface area (Å²) in [6.45, 7) is 2.19. The number of hydrogen-bond donors (Lipinski definition) is 0. The number of carbonyl (C=O) groups is 1. The molecule has 2 nitrogen and oxygen atoms in total. The van der Waals surface area contributed by atoms with Gasteiger partial charge in [0.05, 0.1) is 0 Å². The van der Waals surface area contributed by atoms with Crippen LogP contribution in [-0.4, -0.2) is 42.1 Å². The third kappa shape index (κ3) is 5.57. The number of halogens is 3. The second-order valence-electron chi connectivity index (χ2n) is 3.90. The zero-order valence-corrected chi connectivity index (χ0v) is 12.3. The van der Waals surface area contributed by atoms with E-state index in [0.717, 1.165) is 13.1 Å². The van der Waals surface area contributed by atoms with Crippen LogP contribution in [0.5, 0.6) is 0 Å². The van der Waals surface area contributed by atoms with Crippen molar-refractivity contribution in [3.05, 3.63) is 34.9 Å². The molecule has 0 aliphatic carbocycles. The summed E-state index contributed by atoms with van der Waals surface area (Å²) in [4.78, 5) is 14.0. The van der Waals surface area contributed by atoms with Crippen LogP contribution in [0, 0.1) is 0 Å². The number of rotatable bonds is 8. The summed E-state index contributed by atoms with van der Waals surface area (Å²) in [5, 5.41) is 0.637. The molecule has 1 aromatic rings. The van der Waals surface area contributed by atoms with Gasteiger partial charge in [0.25, 0.3) is 0 Å². The number of hydrogen-bond acceptors (Lipinski definition) is 2. The number of ketones is 1. The maximum atomic E-state index is 11.9. The van der Waals surface area contributed by atoms with E-state index in [-0.39, 0.29) is 5.78 Å². The van der Waals surface area contributed by atoms with Gasteiger partial charge in [-0.1, -0.05) is 11.6 Å². The lowest BCUT2D eigenvalue weighted by Gasteiger charge is -2.19. The first-order chi connectivity index (χ1) is 8.67. The van der Waals surface area contributed by atoms with Crippen molar-refractivity contribution < 1.29 is 4.79 Å². The van der Waals surface area contributed by atoms with Gasteiger partial charge in [0.15, 0.2) is 5.78 Å². The first kappa shape index (κ1) is 15.8. The smallest absolute Gasteiger partial charge is 0.164 e. The Bertz CT molecular complexity index is 361. The summed E-state index contributed by atoms with van der Waals surface area (Å²) < 4.78 is 0. The summed E-state index contributed by atoms with van der Waals surface area (Å²) in [6.07, 6.45) is 0.468. The first-order valence-corrected chi connectivity index (χ1v) is 7.25. The van der Waals surface area contributed by atoms with E-state index in [1.807, 2.05) is 0 Å². The van der Waals surface area contributed by atoms with Gasteiger partial charge in [-0.15, -0.1) is 23.2 Å². The number of alkyl halides is 2. The Hall–Kier alpha value is -0.280. The molecule has 0 fully saturated rings. The molecule has 0 atom stereocenters. The fourth-order valence-electron chi connectivity index (χ4n) is 1.61. The Morgan fingerprint density at radius 2 is 1.56 bits per heavy atom. The second-order valence-corrected chi connectivity index (χ2v) is 5.09. The second kappa shape index (κ2) is 8.76. The van der Waals surface area contributed by atoms with Crippen molar-refractivity contribution in [3.63, 3.8) is 0 Å². The Balaban J connectivity index is 2.46. The van der Waals surface area contributed by atoms with E-state index in [9.17, 15) is 4.79 Å². The van der Waals surface area contributed by atoms with Crippen LogP contribution in [0.15, 0.2) is 24.3 Å². The van der Waals surface area contributed by atoms with Gasteiger partial charge in [0, 0.05) is 48.4 Å². The quantitative estimate of drug-likeness (QED) is 0.539. The summed E-state index contributed by atoms with van der Waals surface area (Å²) in [5.41, 5.74) is 0.691. The highest BCUT2D eigenvalue weighted by molar-refractivity contribution is 6.30. The minimum atomic E-state index is 0.112. The standard InChI is InChI=1S/C13H16Cl3NO/c14-6-9-17(10-7-15)8-5-13(18)11-1-3-12(16)4-2-11/h1-4H,5-10H2. The van der Waals surface area contributed by atoms with Crippen LogP contribution < -0.4 is 0 Å². The van der Waals surface area contributed by atoms with E-state index in [2.05, 4.69) is 4.90 Å². The highest BCUT2D eigenvalue weighted by atomic mass is 35.5. The van der Waals surface area contributed by atoms with Gasteiger partial charge in [-0.2, -0.15) is 0 Å². The lowest BCUT2D eigenvalue weighted by atomic mass is 10.1. The van der Waals surface area contributed by atoms with E-state index in [0.29, 0.717) is 35.3 Å². The van der Waals surface area contributed by atoms with Crippen LogP contribution in [0.3, 0.4) is 0 Å². The van der Waals surface area contributed by atoms with Gasteiger partial charge < -0.3 is 4.90 Å². The fraction of sp³-hybridized carbons (Fsp3) is 0.462. The largest absolute Gasteiger partial charge is 0.301 e. The van der Waals surface area contributed by atoms with Crippen molar-refractivity contribution in [2.24, 2.45) is 0 Å². The molecule has 0 aliphatic heterocycles. The predicted molar refractivity (Wildman–Crippen MR) is 78.3 cm³/mol. The molecule has 0 heterocycles. The monoisotopic (exact) mass is 307 g/mol. The molecule has 0 aliphatic rings. The molecule has 18 heavy (non-hydrogen) atoms. The zero-order chi connectivity index (χ0) is 13.4. The van der Waals surface area contributed by atoms with E-state index in [1.54, 1.807) is 24.3 Å². The van der Waals surface area contributed by atoms with Crippen LogP contribution in [0.4, 0.5) is 0 Å². The van der Waals surface area contributed by atoms with Crippen molar-refractivity contribution in [2.45, 2.75) is 6.42 Å². The molecule has 1 aromatic carbocycles. The molecule has 0 saturated heterocycles. The van der Waals surface area contributed by atoms with Gasteiger partial charge in [-0.3, -0.25) is 4.79 Å². The Morgan fingerprint density at radius 3 is 2.06 bits per heavy atom. The normalized spacial score (nSPS) is 10.9. The van der Waals surface area contributed by atoms with Gasteiger partial charge >= 0.3 is 0 Å². The molecule has 0 spiro atoms. The average Bonchev–Trinajstić information content (AvgIpc) is 2.37. The number of carbonyl (C=O) groups excluding carboxylic acids is 1. The van der Waals surface area contributed by atoms with Gasteiger partial charge in [0.1, 0.15) is 0 Å². The third-order valence-corrected chi connectivity index (χ3v) is 3.21.